The van der Waals surface area contributed by atoms with Gasteiger partial charge in [-0.1, -0.05) is 0 Å². The van der Waals surface area contributed by atoms with Crippen molar-refractivity contribution in [2.45, 2.75) is 32.3 Å². The van der Waals surface area contributed by atoms with Crippen molar-refractivity contribution < 1.29 is 9.47 Å². The van der Waals surface area contributed by atoms with Crippen LogP contribution in [0.5, 0.6) is 5.75 Å². The Bertz CT molecular complexity index is 1230. The molecule has 4 aromatic rings. The van der Waals surface area contributed by atoms with E-state index >= 15 is 0 Å². The van der Waals surface area contributed by atoms with Crippen LogP contribution in [-0.2, 0) is 11.3 Å². The molecule has 0 radical (unpaired) electrons. The van der Waals surface area contributed by atoms with E-state index < -0.39 is 0 Å². The first-order valence-electron chi connectivity index (χ1n) is 10.2. The molecule has 0 aliphatic heterocycles. The van der Waals surface area contributed by atoms with Gasteiger partial charge in [0.25, 0.3) is 0 Å². The first kappa shape index (κ1) is 19.4. The average molecular weight is 421 g/mol. The van der Waals surface area contributed by atoms with Crippen molar-refractivity contribution in [1.82, 2.24) is 15.0 Å². The fourth-order valence-corrected chi connectivity index (χ4v) is 4.84. The van der Waals surface area contributed by atoms with Gasteiger partial charge in [0, 0.05) is 19.2 Å². The SMILES string of the molecule is COCc1cnc2c(-c3nc4c(C5CC5)cc(OCCN)cc4s3)cc(C)cc2n1. The number of fused-ring (bicyclic) bond motifs is 2. The van der Waals surface area contributed by atoms with Gasteiger partial charge in [0.2, 0.25) is 0 Å². The predicted molar refractivity (Wildman–Crippen MR) is 120 cm³/mol. The normalized spacial score (nSPS) is 14.0. The number of aryl methyl sites for hydroxylation is 1. The second-order valence-corrected chi connectivity index (χ2v) is 8.79. The van der Waals surface area contributed by atoms with Crippen molar-refractivity contribution in [1.29, 1.82) is 0 Å². The summed E-state index contributed by atoms with van der Waals surface area (Å²) in [5, 5.41) is 0.963. The summed E-state index contributed by atoms with van der Waals surface area (Å²) in [4.78, 5) is 14.5. The monoisotopic (exact) mass is 420 g/mol. The number of aromatic nitrogens is 3. The highest BCUT2D eigenvalue weighted by atomic mass is 32.1. The van der Waals surface area contributed by atoms with Crippen LogP contribution in [0.1, 0.15) is 35.6 Å². The lowest BCUT2D eigenvalue weighted by Gasteiger charge is -2.07. The fourth-order valence-electron chi connectivity index (χ4n) is 3.79. The Balaban J connectivity index is 1.65. The summed E-state index contributed by atoms with van der Waals surface area (Å²) in [7, 11) is 1.66. The van der Waals surface area contributed by atoms with Gasteiger partial charge in [0.05, 0.1) is 39.7 Å². The van der Waals surface area contributed by atoms with Crippen LogP contribution in [0.25, 0.3) is 31.8 Å². The van der Waals surface area contributed by atoms with E-state index in [0.717, 1.165) is 48.8 Å². The van der Waals surface area contributed by atoms with Crippen molar-refractivity contribution >= 4 is 32.6 Å². The third-order valence-electron chi connectivity index (χ3n) is 5.27. The van der Waals surface area contributed by atoms with Gasteiger partial charge in [-0.25, -0.2) is 9.97 Å². The number of hydrogen-bond donors (Lipinski definition) is 1. The molecule has 0 bridgehead atoms. The van der Waals surface area contributed by atoms with Gasteiger partial charge in [-0.3, -0.25) is 4.98 Å². The maximum atomic E-state index is 5.84. The molecule has 1 saturated carbocycles. The van der Waals surface area contributed by atoms with Crippen LogP contribution in [0, 0.1) is 6.92 Å². The van der Waals surface area contributed by atoms with E-state index in [1.807, 2.05) is 0 Å². The van der Waals surface area contributed by atoms with E-state index in [1.165, 1.54) is 18.4 Å². The minimum atomic E-state index is 0.448. The zero-order valence-corrected chi connectivity index (χ0v) is 18.0. The summed E-state index contributed by atoms with van der Waals surface area (Å²) in [5.74, 6) is 1.46. The molecule has 5 rings (SSSR count). The second kappa shape index (κ2) is 7.91. The molecule has 0 unspecified atom stereocenters. The smallest absolute Gasteiger partial charge is 0.126 e. The molecule has 2 aromatic carbocycles. The Kier molecular flexibility index (Phi) is 5.10. The van der Waals surface area contributed by atoms with E-state index in [1.54, 1.807) is 24.6 Å². The first-order valence-corrected chi connectivity index (χ1v) is 11.0. The molecule has 2 aromatic heterocycles. The Hall–Kier alpha value is -2.61. The van der Waals surface area contributed by atoms with E-state index in [-0.39, 0.29) is 0 Å². The van der Waals surface area contributed by atoms with Gasteiger partial charge in [0.1, 0.15) is 17.4 Å². The van der Waals surface area contributed by atoms with Gasteiger partial charge in [-0.05, 0) is 61.1 Å². The van der Waals surface area contributed by atoms with Crippen molar-refractivity contribution in [2.24, 2.45) is 5.73 Å². The lowest BCUT2D eigenvalue weighted by Crippen LogP contribution is -2.10. The molecule has 7 heteroatoms. The maximum absolute atomic E-state index is 5.84. The Morgan fingerprint density at radius 3 is 2.77 bits per heavy atom. The van der Waals surface area contributed by atoms with Crippen molar-refractivity contribution in [2.75, 3.05) is 20.3 Å². The molecular formula is C23H24N4O2S. The second-order valence-electron chi connectivity index (χ2n) is 7.76. The molecule has 2 heterocycles. The summed E-state index contributed by atoms with van der Waals surface area (Å²) < 4.78 is 12.2. The molecule has 0 spiro atoms. The Morgan fingerprint density at radius 1 is 1.13 bits per heavy atom. The highest BCUT2D eigenvalue weighted by Gasteiger charge is 2.28. The van der Waals surface area contributed by atoms with Gasteiger partial charge in [-0.15, -0.1) is 11.3 Å². The molecule has 154 valence electrons. The van der Waals surface area contributed by atoms with Crippen molar-refractivity contribution in [3.8, 4) is 16.3 Å². The molecule has 0 amide bonds. The van der Waals surface area contributed by atoms with Gasteiger partial charge >= 0.3 is 0 Å². The molecule has 2 N–H and O–H groups in total. The van der Waals surface area contributed by atoms with Crippen LogP contribution in [0.3, 0.4) is 0 Å². The molecule has 0 saturated heterocycles. The van der Waals surface area contributed by atoms with E-state index in [4.69, 9.17) is 30.2 Å². The summed E-state index contributed by atoms with van der Waals surface area (Å²) in [6.45, 7) is 3.55. The third kappa shape index (κ3) is 3.64. The number of rotatable bonds is 7. The standard InChI is InChI=1S/C23H24N4O2S/c1-13-7-18(21-19(8-13)26-15(11-25-21)12-28-2)23-27-22-17(14-3-4-14)9-16(29-6-5-24)10-20(22)30-23/h7-11,14H,3-6,12,24H2,1-2H3. The predicted octanol–water partition coefficient (Wildman–Crippen LogP) is 4.58. The molecule has 30 heavy (non-hydrogen) atoms. The zero-order valence-electron chi connectivity index (χ0n) is 17.1. The first-order chi connectivity index (χ1) is 14.7. The third-order valence-corrected chi connectivity index (χ3v) is 6.30. The van der Waals surface area contributed by atoms with E-state index in [2.05, 4.69) is 31.2 Å². The van der Waals surface area contributed by atoms with Crippen LogP contribution >= 0.6 is 11.3 Å². The Labute approximate surface area is 179 Å². The fraction of sp³-hybridized carbons (Fsp3) is 0.348. The van der Waals surface area contributed by atoms with Crippen LogP contribution in [0.2, 0.25) is 0 Å². The van der Waals surface area contributed by atoms with Crippen molar-refractivity contribution in [3.63, 3.8) is 0 Å². The topological polar surface area (TPSA) is 83.2 Å². The van der Waals surface area contributed by atoms with Gasteiger partial charge < -0.3 is 15.2 Å². The number of hydrogen-bond acceptors (Lipinski definition) is 7. The van der Waals surface area contributed by atoms with Crippen LogP contribution in [0.15, 0.2) is 30.5 Å². The van der Waals surface area contributed by atoms with Gasteiger partial charge in [0.15, 0.2) is 0 Å². The van der Waals surface area contributed by atoms with Crippen molar-refractivity contribution in [3.05, 3.63) is 47.3 Å². The van der Waals surface area contributed by atoms with Crippen LogP contribution < -0.4 is 10.5 Å². The largest absolute Gasteiger partial charge is 0.492 e. The minimum Gasteiger partial charge on any atom is -0.492 e. The quantitative estimate of drug-likeness (QED) is 0.471. The average Bonchev–Trinajstić information content (AvgIpc) is 3.49. The van der Waals surface area contributed by atoms with E-state index in [9.17, 15) is 0 Å². The number of thiazole rings is 1. The molecular weight excluding hydrogens is 396 g/mol. The molecule has 1 aliphatic rings. The Morgan fingerprint density at radius 2 is 2.00 bits per heavy atom. The van der Waals surface area contributed by atoms with Crippen LogP contribution in [0.4, 0.5) is 0 Å². The van der Waals surface area contributed by atoms with Gasteiger partial charge in [-0.2, -0.15) is 0 Å². The lowest BCUT2D eigenvalue weighted by atomic mass is 10.1. The number of benzene rings is 2. The number of ether oxygens (including phenoxy) is 2. The molecule has 1 fully saturated rings. The lowest BCUT2D eigenvalue weighted by molar-refractivity contribution is 0.181. The number of methoxy groups -OCH3 is 1. The minimum absolute atomic E-state index is 0.448. The van der Waals surface area contributed by atoms with Crippen LogP contribution in [-0.4, -0.2) is 35.2 Å². The maximum Gasteiger partial charge on any atom is 0.126 e. The molecule has 1 aliphatic carbocycles. The molecule has 0 atom stereocenters. The highest BCUT2D eigenvalue weighted by molar-refractivity contribution is 7.21. The summed E-state index contributed by atoms with van der Waals surface area (Å²) in [6, 6.07) is 8.43. The highest BCUT2D eigenvalue weighted by Crippen LogP contribution is 2.46. The summed E-state index contributed by atoms with van der Waals surface area (Å²) in [5.41, 5.74) is 12.7. The summed E-state index contributed by atoms with van der Waals surface area (Å²) >= 11 is 1.68. The molecule has 6 nitrogen and oxygen atoms in total. The number of nitrogens with two attached hydrogens (primary N) is 1. The summed E-state index contributed by atoms with van der Waals surface area (Å²) in [6.07, 6.45) is 4.21. The zero-order chi connectivity index (χ0) is 20.7. The number of nitrogens with zero attached hydrogens (tertiary/aromatic N) is 3. The van der Waals surface area contributed by atoms with E-state index in [0.29, 0.717) is 25.7 Å².